The second-order valence-corrected chi connectivity index (χ2v) is 14.1. The lowest BCUT2D eigenvalue weighted by atomic mass is 9.34. The molecule has 0 unspecified atom stereocenters. The highest BCUT2D eigenvalue weighted by atomic mass is 16.6. The Morgan fingerprint density at radius 2 is 1.81 bits per heavy atom. The first-order valence-electron chi connectivity index (χ1n) is 13.8. The summed E-state index contributed by atoms with van der Waals surface area (Å²) < 4.78 is 13.0. The summed E-state index contributed by atoms with van der Waals surface area (Å²) in [5, 5.41) is 0. The van der Waals surface area contributed by atoms with E-state index in [-0.39, 0.29) is 54.0 Å². The van der Waals surface area contributed by atoms with Gasteiger partial charge in [0.25, 0.3) is 5.91 Å². The number of amides is 1. The molecule has 7 rings (SSSR count). The van der Waals surface area contributed by atoms with Gasteiger partial charge in [-0.1, -0.05) is 33.3 Å². The fourth-order valence-corrected chi connectivity index (χ4v) is 10.8. The molecule has 4 saturated heterocycles. The van der Waals surface area contributed by atoms with E-state index in [0.29, 0.717) is 25.2 Å². The van der Waals surface area contributed by atoms with Gasteiger partial charge in [0, 0.05) is 30.1 Å². The topological polar surface area (TPSA) is 90.0 Å². The van der Waals surface area contributed by atoms with Crippen LogP contribution in [-0.4, -0.2) is 45.9 Å². The van der Waals surface area contributed by atoms with Crippen LogP contribution in [0.25, 0.3) is 0 Å². The van der Waals surface area contributed by atoms with Crippen molar-refractivity contribution in [2.45, 2.75) is 104 Å². The molecule has 4 heterocycles. The van der Waals surface area contributed by atoms with Gasteiger partial charge >= 0.3 is 5.97 Å². The molecule has 4 aliphatic heterocycles. The smallest absolute Gasteiger partial charge is 0.308 e. The first-order chi connectivity index (χ1) is 16.8. The molecule has 194 valence electrons. The van der Waals surface area contributed by atoms with Crippen LogP contribution in [0, 0.1) is 39.9 Å². The Morgan fingerprint density at radius 3 is 2.56 bits per heavy atom. The van der Waals surface area contributed by atoms with Crippen molar-refractivity contribution in [2.75, 3.05) is 0 Å². The number of fused-ring (bicyclic) bond motifs is 5. The molecule has 0 N–H and O–H groups in total. The van der Waals surface area contributed by atoms with E-state index in [1.165, 1.54) is 0 Å². The van der Waals surface area contributed by atoms with Crippen LogP contribution in [0.2, 0.25) is 0 Å². The van der Waals surface area contributed by atoms with E-state index >= 15 is 0 Å². The lowest BCUT2D eigenvalue weighted by Crippen LogP contribution is -2.83. The van der Waals surface area contributed by atoms with Crippen LogP contribution in [0.5, 0.6) is 0 Å². The van der Waals surface area contributed by atoms with Gasteiger partial charge in [-0.25, -0.2) is 0 Å². The van der Waals surface area contributed by atoms with Crippen LogP contribution in [0.15, 0.2) is 11.6 Å². The molecule has 3 aliphatic carbocycles. The Bertz CT molecular complexity index is 1180. The van der Waals surface area contributed by atoms with E-state index in [1.54, 1.807) is 6.08 Å². The van der Waals surface area contributed by atoms with Crippen molar-refractivity contribution in [1.82, 2.24) is 4.90 Å². The Morgan fingerprint density at radius 1 is 1.06 bits per heavy atom. The van der Waals surface area contributed by atoms with Gasteiger partial charge in [-0.2, -0.15) is 0 Å². The lowest BCUT2D eigenvalue weighted by molar-refractivity contribution is -0.373. The molecular weight excluding hydrogens is 458 g/mol. The van der Waals surface area contributed by atoms with Gasteiger partial charge in [-0.15, -0.1) is 0 Å². The van der Waals surface area contributed by atoms with Gasteiger partial charge < -0.3 is 9.47 Å². The van der Waals surface area contributed by atoms with Crippen molar-refractivity contribution in [3.8, 4) is 0 Å². The van der Waals surface area contributed by atoms with E-state index in [0.717, 1.165) is 24.8 Å². The molecule has 7 aliphatic rings. The summed E-state index contributed by atoms with van der Waals surface area (Å²) in [6.07, 6.45) is 5.57. The summed E-state index contributed by atoms with van der Waals surface area (Å²) >= 11 is 0. The van der Waals surface area contributed by atoms with Crippen molar-refractivity contribution in [3.05, 3.63) is 11.6 Å². The zero-order valence-corrected chi connectivity index (χ0v) is 22.0. The van der Waals surface area contributed by atoms with Gasteiger partial charge in [0.2, 0.25) is 0 Å². The Kier molecular flexibility index (Phi) is 4.18. The highest BCUT2D eigenvalue weighted by Crippen LogP contribution is 2.77. The number of carbonyl (C=O) groups excluding carboxylic acids is 4. The van der Waals surface area contributed by atoms with Gasteiger partial charge in [-0.05, 0) is 67.8 Å². The molecule has 36 heavy (non-hydrogen) atoms. The number of hydrogen-bond donors (Lipinski definition) is 0. The second kappa shape index (κ2) is 6.51. The molecule has 7 heteroatoms. The maximum atomic E-state index is 14.1. The molecule has 6 fully saturated rings. The zero-order chi connectivity index (χ0) is 25.6. The Hall–Kier alpha value is -2.02. The maximum absolute atomic E-state index is 14.1. The maximum Gasteiger partial charge on any atom is 0.308 e. The summed E-state index contributed by atoms with van der Waals surface area (Å²) in [6.45, 7) is 10.6. The number of Topliss-reactive ketones (excluding diaryl/α,β-unsaturated/α-hetero) is 1. The van der Waals surface area contributed by atoms with E-state index in [9.17, 15) is 19.2 Å². The summed E-state index contributed by atoms with van der Waals surface area (Å²) in [7, 11) is 0. The number of ketones is 2. The largest absolute Gasteiger partial charge is 0.438 e. The second-order valence-electron chi connectivity index (χ2n) is 14.1. The number of rotatable bonds is 0. The number of carbonyl (C=O) groups is 4. The number of piperidine rings is 1. The third-order valence-electron chi connectivity index (χ3n) is 12.1. The molecule has 0 radical (unpaired) electrons. The fourth-order valence-electron chi connectivity index (χ4n) is 10.8. The average molecular weight is 496 g/mol. The van der Waals surface area contributed by atoms with E-state index < -0.39 is 33.8 Å². The number of ether oxygens (including phenoxy) is 2. The first-order valence-corrected chi connectivity index (χ1v) is 13.8. The van der Waals surface area contributed by atoms with E-state index in [4.69, 9.17) is 9.47 Å². The van der Waals surface area contributed by atoms with Gasteiger partial charge in [0.05, 0.1) is 6.42 Å². The Labute approximate surface area is 212 Å². The van der Waals surface area contributed by atoms with Crippen LogP contribution in [0.3, 0.4) is 0 Å². The predicted octanol–water partition coefficient (Wildman–Crippen LogP) is 3.94. The minimum absolute atomic E-state index is 0.0231. The third kappa shape index (κ3) is 2.32. The number of esters is 1. The SMILES string of the molecule is CC1=CC(=O)[C@H]2CC(=O)[C@H]3[C@@](C)(C[C@@]45OC(=O)C[C@]3(C)[C@]4(C)CC[C@@]34C[C@@H](C)C[C@@H](O3)C(=O)N45)[C@@H]2C1. The van der Waals surface area contributed by atoms with Crippen LogP contribution in [-0.2, 0) is 28.7 Å². The van der Waals surface area contributed by atoms with E-state index in [1.807, 2.05) is 11.8 Å². The summed E-state index contributed by atoms with van der Waals surface area (Å²) in [6, 6.07) is 0. The van der Waals surface area contributed by atoms with E-state index in [2.05, 4.69) is 27.7 Å². The van der Waals surface area contributed by atoms with Crippen molar-refractivity contribution in [1.29, 1.82) is 0 Å². The zero-order valence-electron chi connectivity index (χ0n) is 22.0. The minimum Gasteiger partial charge on any atom is -0.438 e. The van der Waals surface area contributed by atoms with Crippen LogP contribution in [0.1, 0.15) is 86.0 Å². The van der Waals surface area contributed by atoms with Gasteiger partial charge in [0.15, 0.2) is 11.5 Å². The fraction of sp³-hybridized carbons (Fsp3) is 0.793. The van der Waals surface area contributed by atoms with Crippen molar-refractivity contribution < 1.29 is 28.7 Å². The summed E-state index contributed by atoms with van der Waals surface area (Å²) in [5.41, 5.74) is -2.76. The number of allylic oxidation sites excluding steroid dienone is 2. The standard InChI is InChI=1S/C29H37NO6/c1-15-8-18-17(19(31)9-15)11-20(32)23-25(18,3)14-29-27(5,26(23,4)13-22(33)36-29)6-7-28-12-16(2)10-21(35-28)24(34)30(28)29/h9,16-18,21,23H,6-8,10-14H2,1-5H3/t16-,17-,18+,21+,23-,25-,26-,27-,28-,29+/m0/s1. The van der Waals surface area contributed by atoms with Crippen molar-refractivity contribution in [2.24, 2.45) is 39.9 Å². The molecule has 1 spiro atoms. The predicted molar refractivity (Wildman–Crippen MR) is 128 cm³/mol. The quantitative estimate of drug-likeness (QED) is 0.473. The summed E-state index contributed by atoms with van der Waals surface area (Å²) in [5.74, 6) is -0.650. The van der Waals surface area contributed by atoms with Crippen LogP contribution >= 0.6 is 0 Å². The van der Waals surface area contributed by atoms with Gasteiger partial charge in [-0.3, -0.25) is 24.1 Å². The molecule has 10 atom stereocenters. The van der Waals surface area contributed by atoms with Crippen LogP contribution in [0.4, 0.5) is 0 Å². The molecule has 7 nitrogen and oxygen atoms in total. The molecule has 2 saturated carbocycles. The van der Waals surface area contributed by atoms with Crippen molar-refractivity contribution in [3.63, 3.8) is 0 Å². The highest BCUT2D eigenvalue weighted by molar-refractivity contribution is 5.99. The molecule has 0 aromatic rings. The molecule has 4 bridgehead atoms. The summed E-state index contributed by atoms with van der Waals surface area (Å²) in [4.78, 5) is 56.5. The van der Waals surface area contributed by atoms with Crippen LogP contribution < -0.4 is 0 Å². The van der Waals surface area contributed by atoms with Crippen molar-refractivity contribution >= 4 is 23.4 Å². The molecule has 0 aromatic heterocycles. The average Bonchev–Trinajstić information content (AvgIpc) is 2.96. The molecule has 0 aromatic carbocycles. The Balaban J connectivity index is 1.47. The van der Waals surface area contributed by atoms with Gasteiger partial charge in [0.1, 0.15) is 17.6 Å². The minimum atomic E-state index is -1.18. The lowest BCUT2D eigenvalue weighted by Gasteiger charge is -2.76. The molecular formula is C29H37NO6. The monoisotopic (exact) mass is 495 g/mol. The molecule has 1 amide bonds. The highest BCUT2D eigenvalue weighted by Gasteiger charge is 2.83. The first kappa shape index (κ1) is 23.1. The third-order valence-corrected chi connectivity index (χ3v) is 12.1. The number of hydrogen-bond acceptors (Lipinski definition) is 6. The normalized spacial score (nSPS) is 55.2. The number of nitrogens with zero attached hydrogens (tertiary/aromatic N) is 1.